The molecular weight excluding hydrogens is 338 g/mol. The lowest BCUT2D eigenvalue weighted by molar-refractivity contribution is 0.748. The summed E-state index contributed by atoms with van der Waals surface area (Å²) in [6.07, 6.45) is 1.76. The Morgan fingerprint density at radius 1 is 1.30 bits per heavy atom. The Balaban J connectivity index is 2.45. The highest BCUT2D eigenvalue weighted by Crippen LogP contribution is 2.34. The summed E-state index contributed by atoms with van der Waals surface area (Å²) in [4.78, 5) is 13.4. The maximum atomic E-state index is 5.54. The zero-order valence-electron chi connectivity index (χ0n) is 11.5. The van der Waals surface area contributed by atoms with Crippen molar-refractivity contribution in [3.63, 3.8) is 0 Å². The number of pyridine rings is 1. The van der Waals surface area contributed by atoms with Crippen LogP contribution in [0.4, 0.5) is 5.82 Å². The van der Waals surface area contributed by atoms with Crippen molar-refractivity contribution < 1.29 is 0 Å². The molecule has 0 aromatic carbocycles. The van der Waals surface area contributed by atoms with Gasteiger partial charge in [0.25, 0.3) is 0 Å². The van der Waals surface area contributed by atoms with E-state index in [1.807, 2.05) is 19.1 Å². The zero-order chi connectivity index (χ0) is 14.7. The number of nitrogens with one attached hydrogen (secondary N) is 1. The van der Waals surface area contributed by atoms with Crippen LogP contribution in [0.15, 0.2) is 32.9 Å². The van der Waals surface area contributed by atoms with E-state index in [0.29, 0.717) is 5.82 Å². The first kappa shape index (κ1) is 15.2. The molecule has 0 fully saturated rings. The molecule has 0 saturated carbocycles. The van der Waals surface area contributed by atoms with Crippen LogP contribution in [0.5, 0.6) is 0 Å². The number of hydrogen-bond donors (Lipinski definition) is 2. The number of hydrogen-bond acceptors (Lipinski definition) is 6. The fraction of sp³-hybridized carbons (Fsp3) is 0.308. The Morgan fingerprint density at radius 2 is 2.05 bits per heavy atom. The number of hydrazine groups is 1. The van der Waals surface area contributed by atoms with Crippen molar-refractivity contribution >= 4 is 33.5 Å². The van der Waals surface area contributed by atoms with E-state index in [-0.39, 0.29) is 5.92 Å². The molecule has 0 radical (unpaired) electrons. The quantitative estimate of drug-likeness (QED) is 0.497. The van der Waals surface area contributed by atoms with Crippen molar-refractivity contribution in [2.24, 2.45) is 5.84 Å². The molecule has 2 aromatic rings. The fourth-order valence-corrected chi connectivity index (χ4v) is 2.90. The number of nitrogens with two attached hydrogens (primary N) is 1. The summed E-state index contributed by atoms with van der Waals surface area (Å²) >= 11 is 4.99. The van der Waals surface area contributed by atoms with E-state index in [1.54, 1.807) is 6.20 Å². The van der Waals surface area contributed by atoms with Crippen molar-refractivity contribution in [3.05, 3.63) is 34.2 Å². The molecule has 0 spiro atoms. The minimum absolute atomic E-state index is 0.231. The van der Waals surface area contributed by atoms with E-state index in [9.17, 15) is 0 Å². The number of aromatic nitrogens is 3. The Bertz CT molecular complexity index is 618. The van der Waals surface area contributed by atoms with Crippen LogP contribution in [0.1, 0.15) is 31.2 Å². The Kier molecular flexibility index (Phi) is 4.95. The molecule has 0 bridgehead atoms. The Labute approximate surface area is 130 Å². The van der Waals surface area contributed by atoms with E-state index in [4.69, 9.17) is 5.84 Å². The third-order valence-corrected chi connectivity index (χ3v) is 4.70. The van der Waals surface area contributed by atoms with Gasteiger partial charge < -0.3 is 5.43 Å². The van der Waals surface area contributed by atoms with Crippen molar-refractivity contribution in [2.75, 3.05) is 5.43 Å². The summed E-state index contributed by atoms with van der Waals surface area (Å²) in [7, 11) is 0. The second-order valence-electron chi connectivity index (χ2n) is 4.55. The van der Waals surface area contributed by atoms with E-state index >= 15 is 0 Å². The van der Waals surface area contributed by atoms with Crippen LogP contribution in [-0.4, -0.2) is 15.0 Å². The molecule has 0 aliphatic heterocycles. The topological polar surface area (TPSA) is 76.7 Å². The molecule has 7 heteroatoms. The SMILES string of the molecule is Cc1c(NN)nc(C(C)C)nc1Sc1ncccc1Br. The van der Waals surface area contributed by atoms with Crippen molar-refractivity contribution in [1.82, 2.24) is 15.0 Å². The molecule has 0 amide bonds. The molecule has 5 nitrogen and oxygen atoms in total. The van der Waals surface area contributed by atoms with Crippen LogP contribution in [0.3, 0.4) is 0 Å². The highest BCUT2D eigenvalue weighted by Gasteiger charge is 2.15. The fourth-order valence-electron chi connectivity index (χ4n) is 1.55. The van der Waals surface area contributed by atoms with Crippen LogP contribution in [0.2, 0.25) is 0 Å². The van der Waals surface area contributed by atoms with Gasteiger partial charge in [-0.15, -0.1) is 0 Å². The number of rotatable bonds is 4. The molecular formula is C13H16BrN5S. The number of halogens is 1. The van der Waals surface area contributed by atoms with Gasteiger partial charge in [0.05, 0.1) is 4.47 Å². The Hall–Kier alpha value is -1.18. The smallest absolute Gasteiger partial charge is 0.147 e. The van der Waals surface area contributed by atoms with E-state index < -0.39 is 0 Å². The molecule has 106 valence electrons. The van der Waals surface area contributed by atoms with Gasteiger partial charge in [-0.2, -0.15) is 0 Å². The molecule has 20 heavy (non-hydrogen) atoms. The average molecular weight is 354 g/mol. The highest BCUT2D eigenvalue weighted by atomic mass is 79.9. The van der Waals surface area contributed by atoms with Gasteiger partial charge in [-0.25, -0.2) is 20.8 Å². The van der Waals surface area contributed by atoms with Gasteiger partial charge in [-0.1, -0.05) is 13.8 Å². The van der Waals surface area contributed by atoms with Gasteiger partial charge in [0.1, 0.15) is 21.7 Å². The molecule has 0 aliphatic carbocycles. The van der Waals surface area contributed by atoms with Crippen LogP contribution in [0, 0.1) is 6.92 Å². The van der Waals surface area contributed by atoms with Gasteiger partial charge in [0, 0.05) is 17.7 Å². The molecule has 2 rings (SSSR count). The molecule has 2 aromatic heterocycles. The standard InChI is InChI=1S/C13H16BrN5S/c1-7(2)10-17-11(19-15)8(3)12(18-10)20-13-9(14)5-4-6-16-13/h4-7H,15H2,1-3H3,(H,17,18,19). The van der Waals surface area contributed by atoms with Gasteiger partial charge >= 0.3 is 0 Å². The lowest BCUT2D eigenvalue weighted by Gasteiger charge is -2.13. The Morgan fingerprint density at radius 3 is 2.65 bits per heavy atom. The van der Waals surface area contributed by atoms with Crippen LogP contribution >= 0.6 is 27.7 Å². The lowest BCUT2D eigenvalue weighted by atomic mass is 10.2. The number of nitrogens with zero attached hydrogens (tertiary/aromatic N) is 3. The largest absolute Gasteiger partial charge is 0.308 e. The summed E-state index contributed by atoms with van der Waals surface area (Å²) in [5.41, 5.74) is 3.55. The summed E-state index contributed by atoms with van der Waals surface area (Å²) < 4.78 is 0.941. The third-order valence-electron chi connectivity index (χ3n) is 2.69. The molecule has 0 atom stereocenters. The lowest BCUT2D eigenvalue weighted by Crippen LogP contribution is -2.13. The van der Waals surface area contributed by atoms with Crippen molar-refractivity contribution in [3.8, 4) is 0 Å². The molecule has 2 heterocycles. The van der Waals surface area contributed by atoms with E-state index in [0.717, 1.165) is 25.9 Å². The summed E-state index contributed by atoms with van der Waals surface area (Å²) in [5, 5.41) is 1.73. The summed E-state index contributed by atoms with van der Waals surface area (Å²) in [6, 6.07) is 3.84. The molecule has 0 aliphatic rings. The first-order valence-corrected chi connectivity index (χ1v) is 7.77. The zero-order valence-corrected chi connectivity index (χ0v) is 13.9. The highest BCUT2D eigenvalue weighted by molar-refractivity contribution is 9.10. The van der Waals surface area contributed by atoms with Gasteiger partial charge in [0.15, 0.2) is 0 Å². The molecule has 3 N–H and O–H groups in total. The second-order valence-corrected chi connectivity index (χ2v) is 6.38. The van der Waals surface area contributed by atoms with Crippen molar-refractivity contribution in [2.45, 2.75) is 36.7 Å². The van der Waals surface area contributed by atoms with Crippen molar-refractivity contribution in [1.29, 1.82) is 0 Å². The molecule has 0 saturated heterocycles. The first-order valence-electron chi connectivity index (χ1n) is 6.16. The van der Waals surface area contributed by atoms with Gasteiger partial charge in [-0.05, 0) is 46.7 Å². The summed E-state index contributed by atoms with van der Waals surface area (Å²) in [5.74, 6) is 7.18. The number of nitrogen functional groups attached to an aromatic ring is 1. The summed E-state index contributed by atoms with van der Waals surface area (Å²) in [6.45, 7) is 6.05. The van der Waals surface area contributed by atoms with E-state index in [2.05, 4.69) is 50.2 Å². The van der Waals surface area contributed by atoms with Gasteiger partial charge in [-0.3, -0.25) is 0 Å². The maximum Gasteiger partial charge on any atom is 0.147 e. The van der Waals surface area contributed by atoms with Crippen LogP contribution < -0.4 is 11.3 Å². The molecule has 0 unspecified atom stereocenters. The van der Waals surface area contributed by atoms with Crippen LogP contribution in [0.25, 0.3) is 0 Å². The predicted octanol–water partition coefficient (Wildman–Crippen LogP) is 3.50. The minimum Gasteiger partial charge on any atom is -0.308 e. The maximum absolute atomic E-state index is 5.54. The van der Waals surface area contributed by atoms with Crippen LogP contribution in [-0.2, 0) is 0 Å². The predicted molar refractivity (Wildman–Crippen MR) is 84.7 cm³/mol. The van der Waals surface area contributed by atoms with Gasteiger partial charge in [0.2, 0.25) is 0 Å². The monoisotopic (exact) mass is 353 g/mol. The normalized spacial score (nSPS) is 10.9. The first-order chi connectivity index (χ1) is 9.52. The average Bonchev–Trinajstić information content (AvgIpc) is 2.43. The number of anilines is 1. The second kappa shape index (κ2) is 6.51. The van der Waals surface area contributed by atoms with E-state index in [1.165, 1.54) is 11.8 Å². The minimum atomic E-state index is 0.231. The third kappa shape index (κ3) is 3.28.